The Morgan fingerprint density at radius 1 is 1.25 bits per heavy atom. The minimum Gasteiger partial charge on any atom is -0.342 e. The van der Waals surface area contributed by atoms with Crippen molar-refractivity contribution >= 4 is 29.1 Å². The predicted molar refractivity (Wildman–Crippen MR) is 77.4 cm³/mol. The molecule has 0 aliphatic heterocycles. The van der Waals surface area contributed by atoms with Crippen LogP contribution in [-0.4, -0.2) is 36.3 Å². The van der Waals surface area contributed by atoms with Crippen molar-refractivity contribution in [1.29, 1.82) is 0 Å². The molecule has 0 aliphatic carbocycles. The molecule has 0 bridgehead atoms. The van der Waals surface area contributed by atoms with Crippen LogP contribution in [0.1, 0.15) is 20.8 Å². The second-order valence-corrected chi connectivity index (χ2v) is 4.68. The first kappa shape index (κ1) is 16.4. The first-order chi connectivity index (χ1) is 9.40. The van der Waals surface area contributed by atoms with Crippen molar-refractivity contribution in [1.82, 2.24) is 4.90 Å². The lowest BCUT2D eigenvalue weighted by molar-refractivity contribution is -0.130. The van der Waals surface area contributed by atoms with E-state index in [4.69, 9.17) is 11.6 Å². The molecule has 0 N–H and O–H groups in total. The van der Waals surface area contributed by atoms with Gasteiger partial charge in [-0.15, -0.1) is 0 Å². The molecule has 0 aromatic heterocycles. The monoisotopic (exact) mass is 300 g/mol. The summed E-state index contributed by atoms with van der Waals surface area (Å²) in [5.74, 6) is -1.02. The van der Waals surface area contributed by atoms with Crippen molar-refractivity contribution in [3.8, 4) is 0 Å². The van der Waals surface area contributed by atoms with Gasteiger partial charge in [0, 0.05) is 25.7 Å². The van der Waals surface area contributed by atoms with Gasteiger partial charge in [0.15, 0.2) is 0 Å². The fourth-order valence-corrected chi connectivity index (χ4v) is 2.02. The molecule has 0 spiro atoms. The summed E-state index contributed by atoms with van der Waals surface area (Å²) < 4.78 is 13.2. The quantitative estimate of drug-likeness (QED) is 0.839. The summed E-state index contributed by atoms with van der Waals surface area (Å²) in [6, 6.07) is 3.95. The van der Waals surface area contributed by atoms with Gasteiger partial charge < -0.3 is 9.80 Å². The Kier molecular flexibility index (Phi) is 5.95. The third kappa shape index (κ3) is 3.93. The molecular weight excluding hydrogens is 283 g/mol. The van der Waals surface area contributed by atoms with E-state index in [0.717, 1.165) is 0 Å². The van der Waals surface area contributed by atoms with Crippen LogP contribution in [0.25, 0.3) is 0 Å². The molecule has 0 fully saturated rings. The summed E-state index contributed by atoms with van der Waals surface area (Å²) >= 11 is 5.71. The molecule has 6 heteroatoms. The minimum absolute atomic E-state index is 0.0796. The fourth-order valence-electron chi connectivity index (χ4n) is 1.85. The molecular formula is C14H18ClFN2O2. The Balaban J connectivity index is 2.97. The molecule has 110 valence electrons. The van der Waals surface area contributed by atoms with Gasteiger partial charge in [0.05, 0.1) is 5.02 Å². The van der Waals surface area contributed by atoms with E-state index in [1.807, 2.05) is 13.8 Å². The van der Waals surface area contributed by atoms with Gasteiger partial charge >= 0.3 is 0 Å². The number of carbonyl (C=O) groups is 2. The zero-order chi connectivity index (χ0) is 15.3. The normalized spacial score (nSPS) is 10.2. The number of amides is 2. The topological polar surface area (TPSA) is 40.6 Å². The highest BCUT2D eigenvalue weighted by Gasteiger charge is 2.19. The average Bonchev–Trinajstić information content (AvgIpc) is 2.40. The number of likely N-dealkylation sites (N-methyl/N-ethyl adjacent to an activating group) is 1. The van der Waals surface area contributed by atoms with E-state index in [-0.39, 0.29) is 23.4 Å². The van der Waals surface area contributed by atoms with E-state index in [2.05, 4.69) is 0 Å². The SMILES string of the molecule is CCN(CC)C(=O)CN(C(C)=O)c1ccc(F)c(Cl)c1. The van der Waals surface area contributed by atoms with Crippen LogP contribution >= 0.6 is 11.6 Å². The standard InChI is InChI=1S/C14H18ClFN2O2/c1-4-17(5-2)14(20)9-18(10(3)19)11-6-7-13(16)12(15)8-11/h6-8H,4-5,9H2,1-3H3. The zero-order valence-electron chi connectivity index (χ0n) is 11.8. The highest BCUT2D eigenvalue weighted by Crippen LogP contribution is 2.22. The van der Waals surface area contributed by atoms with Crippen LogP contribution in [0, 0.1) is 5.82 Å². The number of hydrogen-bond acceptors (Lipinski definition) is 2. The Labute approximate surface area is 123 Å². The van der Waals surface area contributed by atoms with Crippen LogP contribution in [0.4, 0.5) is 10.1 Å². The number of carbonyl (C=O) groups excluding carboxylic acids is 2. The van der Waals surface area contributed by atoms with Gasteiger partial charge in [0.25, 0.3) is 0 Å². The van der Waals surface area contributed by atoms with Crippen LogP contribution in [0.2, 0.25) is 5.02 Å². The summed E-state index contributed by atoms with van der Waals surface area (Å²) in [7, 11) is 0. The number of rotatable bonds is 5. The van der Waals surface area contributed by atoms with Crippen molar-refractivity contribution in [3.63, 3.8) is 0 Å². The molecule has 20 heavy (non-hydrogen) atoms. The minimum atomic E-state index is -0.561. The summed E-state index contributed by atoms with van der Waals surface area (Å²) in [5.41, 5.74) is 0.407. The van der Waals surface area contributed by atoms with Crippen molar-refractivity contribution in [2.75, 3.05) is 24.5 Å². The molecule has 0 saturated carbocycles. The van der Waals surface area contributed by atoms with Crippen molar-refractivity contribution in [3.05, 3.63) is 29.0 Å². The molecule has 0 radical (unpaired) electrons. The van der Waals surface area contributed by atoms with Crippen LogP contribution in [0.15, 0.2) is 18.2 Å². The molecule has 1 aromatic rings. The summed E-state index contributed by atoms with van der Waals surface area (Å²) in [6.07, 6.45) is 0. The van der Waals surface area contributed by atoms with Gasteiger partial charge in [0.2, 0.25) is 11.8 Å². The van der Waals surface area contributed by atoms with Crippen molar-refractivity contribution < 1.29 is 14.0 Å². The van der Waals surface area contributed by atoms with Crippen LogP contribution in [0.5, 0.6) is 0 Å². The second kappa shape index (κ2) is 7.24. The Hall–Kier alpha value is -1.62. The number of hydrogen-bond donors (Lipinski definition) is 0. The van der Waals surface area contributed by atoms with Crippen LogP contribution < -0.4 is 4.90 Å². The van der Waals surface area contributed by atoms with Gasteiger partial charge in [-0.2, -0.15) is 0 Å². The highest BCUT2D eigenvalue weighted by atomic mass is 35.5. The first-order valence-corrected chi connectivity index (χ1v) is 6.79. The molecule has 4 nitrogen and oxygen atoms in total. The van der Waals surface area contributed by atoms with Crippen LogP contribution in [0.3, 0.4) is 0 Å². The van der Waals surface area contributed by atoms with E-state index in [1.165, 1.54) is 30.0 Å². The molecule has 1 rings (SSSR count). The molecule has 1 aromatic carbocycles. The van der Waals surface area contributed by atoms with Gasteiger partial charge in [-0.3, -0.25) is 9.59 Å². The highest BCUT2D eigenvalue weighted by molar-refractivity contribution is 6.31. The lowest BCUT2D eigenvalue weighted by atomic mass is 10.2. The lowest BCUT2D eigenvalue weighted by Gasteiger charge is -2.25. The van der Waals surface area contributed by atoms with Crippen LogP contribution in [-0.2, 0) is 9.59 Å². The molecule has 0 unspecified atom stereocenters. The summed E-state index contributed by atoms with van der Waals surface area (Å²) in [6.45, 7) is 6.16. The molecule has 0 aliphatic rings. The van der Waals surface area contributed by atoms with Crippen molar-refractivity contribution in [2.45, 2.75) is 20.8 Å². The summed E-state index contributed by atoms with van der Waals surface area (Å²) in [5, 5.41) is -0.0796. The number of nitrogens with zero attached hydrogens (tertiary/aromatic N) is 2. The Bertz CT molecular complexity index is 504. The maximum Gasteiger partial charge on any atom is 0.242 e. The largest absolute Gasteiger partial charge is 0.342 e. The fraction of sp³-hybridized carbons (Fsp3) is 0.429. The van der Waals surface area contributed by atoms with E-state index >= 15 is 0 Å². The number of halogens is 2. The molecule has 2 amide bonds. The molecule has 0 saturated heterocycles. The third-order valence-corrected chi connectivity index (χ3v) is 3.29. The smallest absolute Gasteiger partial charge is 0.242 e. The van der Waals surface area contributed by atoms with E-state index in [1.54, 1.807) is 4.90 Å². The Morgan fingerprint density at radius 2 is 1.85 bits per heavy atom. The summed E-state index contributed by atoms with van der Waals surface area (Å²) in [4.78, 5) is 26.7. The maximum absolute atomic E-state index is 13.2. The predicted octanol–water partition coefficient (Wildman–Crippen LogP) is 2.70. The van der Waals surface area contributed by atoms with Gasteiger partial charge in [-0.05, 0) is 32.0 Å². The third-order valence-electron chi connectivity index (χ3n) is 3.00. The first-order valence-electron chi connectivity index (χ1n) is 6.41. The van der Waals surface area contributed by atoms with Gasteiger partial charge in [-0.25, -0.2) is 4.39 Å². The van der Waals surface area contributed by atoms with Crippen molar-refractivity contribution in [2.24, 2.45) is 0 Å². The lowest BCUT2D eigenvalue weighted by Crippen LogP contribution is -2.42. The molecule has 0 atom stereocenters. The zero-order valence-corrected chi connectivity index (χ0v) is 12.6. The van der Waals surface area contributed by atoms with E-state index in [9.17, 15) is 14.0 Å². The second-order valence-electron chi connectivity index (χ2n) is 4.27. The van der Waals surface area contributed by atoms with E-state index in [0.29, 0.717) is 18.8 Å². The Morgan fingerprint density at radius 3 is 2.30 bits per heavy atom. The molecule has 0 heterocycles. The average molecular weight is 301 g/mol. The number of benzene rings is 1. The van der Waals surface area contributed by atoms with E-state index < -0.39 is 5.82 Å². The maximum atomic E-state index is 13.2. The van der Waals surface area contributed by atoms with Gasteiger partial charge in [0.1, 0.15) is 12.4 Å². The number of anilines is 1. The van der Waals surface area contributed by atoms with Gasteiger partial charge in [-0.1, -0.05) is 11.6 Å².